The lowest BCUT2D eigenvalue weighted by atomic mass is 10.1. The molecule has 0 unspecified atom stereocenters. The number of methoxy groups -OCH3 is 1. The smallest absolute Gasteiger partial charge is 0.227 e. The number of carbonyl (C=O) groups is 1. The Hall–Kier alpha value is -2.50. The monoisotopic (exact) mass is 431 g/mol. The van der Waals surface area contributed by atoms with Crippen LogP contribution in [0.25, 0.3) is 5.69 Å². The van der Waals surface area contributed by atoms with Crippen LogP contribution in [0.3, 0.4) is 0 Å². The number of rotatable bonds is 6. The molecule has 0 aliphatic rings. The summed E-state index contributed by atoms with van der Waals surface area (Å²) in [6.45, 7) is 4.33. The molecule has 0 N–H and O–H groups in total. The van der Waals surface area contributed by atoms with Crippen molar-refractivity contribution in [3.63, 3.8) is 0 Å². The number of para-hydroxylation sites is 1. The zero-order chi connectivity index (χ0) is 21.1. The van der Waals surface area contributed by atoms with Crippen LogP contribution in [-0.4, -0.2) is 34.7 Å². The SMILES string of the molecule is COc1ccccc1CN(C)C(=O)Cc1c(C)nn(-c2ccc(Cl)c(Cl)c2)c1C. The lowest BCUT2D eigenvalue weighted by Gasteiger charge is -2.19. The number of aryl methyl sites for hydroxylation is 1. The van der Waals surface area contributed by atoms with Crippen LogP contribution < -0.4 is 4.74 Å². The molecule has 0 fully saturated rings. The van der Waals surface area contributed by atoms with Crippen molar-refractivity contribution in [3.05, 3.63) is 75.0 Å². The molecular formula is C22H23Cl2N3O2. The minimum absolute atomic E-state index is 0.01000. The van der Waals surface area contributed by atoms with E-state index in [4.69, 9.17) is 27.9 Å². The molecular weight excluding hydrogens is 409 g/mol. The Morgan fingerprint density at radius 1 is 1.14 bits per heavy atom. The molecule has 0 radical (unpaired) electrons. The Morgan fingerprint density at radius 2 is 1.86 bits per heavy atom. The summed E-state index contributed by atoms with van der Waals surface area (Å²) in [5.41, 5.74) is 4.40. The number of likely N-dealkylation sites (N-methyl/N-ethyl adjacent to an activating group) is 1. The van der Waals surface area contributed by atoms with Crippen molar-refractivity contribution in [2.24, 2.45) is 0 Å². The third-order valence-corrected chi connectivity index (χ3v) is 5.68. The molecule has 2 aromatic carbocycles. The van der Waals surface area contributed by atoms with Crippen LogP contribution in [0.1, 0.15) is 22.5 Å². The van der Waals surface area contributed by atoms with E-state index < -0.39 is 0 Å². The highest BCUT2D eigenvalue weighted by Gasteiger charge is 2.19. The van der Waals surface area contributed by atoms with Gasteiger partial charge in [-0.1, -0.05) is 41.4 Å². The lowest BCUT2D eigenvalue weighted by molar-refractivity contribution is -0.129. The Labute approximate surface area is 180 Å². The van der Waals surface area contributed by atoms with Crippen LogP contribution >= 0.6 is 23.2 Å². The molecule has 7 heteroatoms. The molecule has 0 saturated heterocycles. The number of hydrogen-bond acceptors (Lipinski definition) is 3. The van der Waals surface area contributed by atoms with Gasteiger partial charge in [-0.05, 0) is 38.1 Å². The van der Waals surface area contributed by atoms with Crippen LogP contribution in [-0.2, 0) is 17.8 Å². The maximum atomic E-state index is 12.9. The van der Waals surface area contributed by atoms with Gasteiger partial charge in [-0.25, -0.2) is 4.68 Å². The standard InChI is InChI=1S/C22H23Cl2N3O2/c1-14-18(15(2)27(25-14)17-9-10-19(23)20(24)11-17)12-22(28)26(3)13-16-7-5-6-8-21(16)29-4/h5-11H,12-13H2,1-4H3. The molecule has 1 aromatic heterocycles. The van der Waals surface area contributed by atoms with E-state index in [9.17, 15) is 4.79 Å². The Bertz CT molecular complexity index is 1050. The van der Waals surface area contributed by atoms with Gasteiger partial charge in [-0.3, -0.25) is 4.79 Å². The summed E-state index contributed by atoms with van der Waals surface area (Å²) in [7, 11) is 3.42. The van der Waals surface area contributed by atoms with Gasteiger partial charge in [0.15, 0.2) is 0 Å². The molecule has 0 saturated carbocycles. The van der Waals surface area contributed by atoms with Crippen molar-refractivity contribution in [1.29, 1.82) is 0 Å². The van der Waals surface area contributed by atoms with Gasteiger partial charge in [0, 0.05) is 30.4 Å². The number of amides is 1. The second kappa shape index (κ2) is 8.89. The first-order chi connectivity index (χ1) is 13.8. The fourth-order valence-corrected chi connectivity index (χ4v) is 3.55. The molecule has 1 amide bonds. The van der Waals surface area contributed by atoms with Crippen LogP contribution in [0.4, 0.5) is 0 Å². The van der Waals surface area contributed by atoms with Crippen LogP contribution in [0, 0.1) is 13.8 Å². The fraction of sp³-hybridized carbons (Fsp3) is 0.273. The maximum absolute atomic E-state index is 12.9. The van der Waals surface area contributed by atoms with Crippen molar-refractivity contribution < 1.29 is 9.53 Å². The molecule has 0 bridgehead atoms. The van der Waals surface area contributed by atoms with Crippen LogP contribution in [0.5, 0.6) is 5.75 Å². The Morgan fingerprint density at radius 3 is 2.55 bits per heavy atom. The van der Waals surface area contributed by atoms with E-state index >= 15 is 0 Å². The molecule has 1 heterocycles. The average Bonchev–Trinajstić information content (AvgIpc) is 2.98. The molecule has 0 spiro atoms. The minimum Gasteiger partial charge on any atom is -0.496 e. The van der Waals surface area contributed by atoms with Gasteiger partial charge in [0.1, 0.15) is 5.75 Å². The summed E-state index contributed by atoms with van der Waals surface area (Å²) in [6.07, 6.45) is 0.268. The third kappa shape index (κ3) is 4.57. The number of carbonyl (C=O) groups excluding carboxylic acids is 1. The van der Waals surface area contributed by atoms with Gasteiger partial charge in [-0.2, -0.15) is 5.10 Å². The summed E-state index contributed by atoms with van der Waals surface area (Å²) >= 11 is 12.2. The zero-order valence-corrected chi connectivity index (χ0v) is 18.4. The van der Waals surface area contributed by atoms with Crippen molar-refractivity contribution in [3.8, 4) is 11.4 Å². The van der Waals surface area contributed by atoms with E-state index in [0.717, 1.165) is 34.0 Å². The highest BCUT2D eigenvalue weighted by Crippen LogP contribution is 2.26. The van der Waals surface area contributed by atoms with Crippen LogP contribution in [0.2, 0.25) is 10.0 Å². The molecule has 0 aliphatic carbocycles. The molecule has 0 atom stereocenters. The lowest BCUT2D eigenvalue weighted by Crippen LogP contribution is -2.28. The topological polar surface area (TPSA) is 47.4 Å². The first kappa shape index (κ1) is 21.2. The van der Waals surface area contributed by atoms with E-state index in [1.165, 1.54) is 0 Å². The summed E-state index contributed by atoms with van der Waals surface area (Å²) in [5, 5.41) is 5.55. The number of halogens is 2. The summed E-state index contributed by atoms with van der Waals surface area (Å²) in [6, 6.07) is 13.1. The maximum Gasteiger partial charge on any atom is 0.227 e. The minimum atomic E-state index is 0.01000. The van der Waals surface area contributed by atoms with E-state index in [1.807, 2.05) is 44.2 Å². The quantitative estimate of drug-likeness (QED) is 0.551. The Kier molecular flexibility index (Phi) is 6.50. The molecule has 3 aromatic rings. The van der Waals surface area contributed by atoms with Gasteiger partial charge in [-0.15, -0.1) is 0 Å². The normalized spacial score (nSPS) is 10.8. The average molecular weight is 432 g/mol. The molecule has 0 aliphatic heterocycles. The first-order valence-corrected chi connectivity index (χ1v) is 9.93. The molecule has 29 heavy (non-hydrogen) atoms. The summed E-state index contributed by atoms with van der Waals surface area (Å²) < 4.78 is 7.17. The molecule has 152 valence electrons. The first-order valence-electron chi connectivity index (χ1n) is 9.18. The zero-order valence-electron chi connectivity index (χ0n) is 16.9. The van der Waals surface area contributed by atoms with Gasteiger partial charge >= 0.3 is 0 Å². The van der Waals surface area contributed by atoms with E-state index in [2.05, 4.69) is 5.10 Å². The van der Waals surface area contributed by atoms with Crippen molar-refractivity contribution in [2.45, 2.75) is 26.8 Å². The summed E-state index contributed by atoms with van der Waals surface area (Å²) in [4.78, 5) is 14.6. The molecule has 3 rings (SSSR count). The second-order valence-electron chi connectivity index (χ2n) is 6.90. The van der Waals surface area contributed by atoms with E-state index in [1.54, 1.807) is 35.9 Å². The predicted molar refractivity (Wildman–Crippen MR) is 116 cm³/mol. The number of hydrogen-bond donors (Lipinski definition) is 0. The van der Waals surface area contributed by atoms with Gasteiger partial charge in [0.05, 0.1) is 35.0 Å². The number of aromatic nitrogens is 2. The number of ether oxygens (including phenoxy) is 1. The second-order valence-corrected chi connectivity index (χ2v) is 7.71. The predicted octanol–water partition coefficient (Wildman–Crippen LogP) is 5.01. The number of nitrogens with zero attached hydrogens (tertiary/aromatic N) is 3. The van der Waals surface area contributed by atoms with Gasteiger partial charge < -0.3 is 9.64 Å². The van der Waals surface area contributed by atoms with Crippen LogP contribution in [0.15, 0.2) is 42.5 Å². The van der Waals surface area contributed by atoms with Crippen molar-refractivity contribution >= 4 is 29.1 Å². The molecule has 5 nitrogen and oxygen atoms in total. The Balaban J connectivity index is 1.80. The van der Waals surface area contributed by atoms with Gasteiger partial charge in [0.2, 0.25) is 5.91 Å². The van der Waals surface area contributed by atoms with E-state index in [0.29, 0.717) is 16.6 Å². The largest absolute Gasteiger partial charge is 0.496 e. The third-order valence-electron chi connectivity index (χ3n) is 4.94. The summed E-state index contributed by atoms with van der Waals surface area (Å²) in [5.74, 6) is 0.780. The fourth-order valence-electron chi connectivity index (χ4n) is 3.26. The van der Waals surface area contributed by atoms with Crippen molar-refractivity contribution in [2.75, 3.05) is 14.2 Å². The van der Waals surface area contributed by atoms with Crippen molar-refractivity contribution in [1.82, 2.24) is 14.7 Å². The highest BCUT2D eigenvalue weighted by molar-refractivity contribution is 6.42. The number of benzene rings is 2. The highest BCUT2D eigenvalue weighted by atomic mass is 35.5. The van der Waals surface area contributed by atoms with E-state index in [-0.39, 0.29) is 12.3 Å². The van der Waals surface area contributed by atoms with Gasteiger partial charge in [0.25, 0.3) is 0 Å².